The lowest BCUT2D eigenvalue weighted by molar-refractivity contribution is -0.143. The fraction of sp³-hybridized carbons (Fsp3) is 0.435. The number of aromatic nitrogens is 1. The first-order valence-corrected chi connectivity index (χ1v) is 10.4. The van der Waals surface area contributed by atoms with Crippen LogP contribution >= 0.6 is 0 Å². The van der Waals surface area contributed by atoms with Crippen LogP contribution in [0, 0.1) is 0 Å². The van der Waals surface area contributed by atoms with E-state index in [0.29, 0.717) is 31.6 Å². The summed E-state index contributed by atoms with van der Waals surface area (Å²) in [6, 6.07) is 13.2. The van der Waals surface area contributed by atoms with E-state index < -0.39 is 6.04 Å². The van der Waals surface area contributed by atoms with Gasteiger partial charge in [0.1, 0.15) is 17.9 Å². The van der Waals surface area contributed by atoms with Crippen molar-refractivity contribution < 1.29 is 14.3 Å². The highest BCUT2D eigenvalue weighted by Gasteiger charge is 2.42. The summed E-state index contributed by atoms with van der Waals surface area (Å²) in [5, 5.41) is 0. The van der Waals surface area contributed by atoms with E-state index in [1.165, 1.54) is 0 Å². The Hall–Kier alpha value is -2.89. The third-order valence-corrected chi connectivity index (χ3v) is 5.69. The highest BCUT2D eigenvalue weighted by molar-refractivity contribution is 5.88. The molecule has 0 N–H and O–H groups in total. The predicted molar refractivity (Wildman–Crippen MR) is 109 cm³/mol. The van der Waals surface area contributed by atoms with Gasteiger partial charge in [-0.3, -0.25) is 14.6 Å². The summed E-state index contributed by atoms with van der Waals surface area (Å²) in [6.07, 6.45) is 6.84. The molecule has 2 saturated heterocycles. The van der Waals surface area contributed by atoms with E-state index in [1.54, 1.807) is 17.3 Å². The molecule has 6 nitrogen and oxygen atoms in total. The van der Waals surface area contributed by atoms with Gasteiger partial charge in [-0.05, 0) is 37.0 Å². The van der Waals surface area contributed by atoms with Crippen LogP contribution in [0.4, 0.5) is 0 Å². The topological polar surface area (TPSA) is 62.7 Å². The van der Waals surface area contributed by atoms with Gasteiger partial charge in [0.2, 0.25) is 11.8 Å². The zero-order chi connectivity index (χ0) is 20.1. The molecule has 1 aromatic heterocycles. The van der Waals surface area contributed by atoms with Gasteiger partial charge in [0.15, 0.2) is 0 Å². The third-order valence-electron chi connectivity index (χ3n) is 5.69. The molecule has 2 aliphatic heterocycles. The van der Waals surface area contributed by atoms with Crippen LogP contribution in [0.5, 0.6) is 5.75 Å². The molecule has 2 aliphatic rings. The first kappa shape index (κ1) is 19.4. The Bertz CT molecular complexity index is 822. The molecule has 2 fully saturated rings. The van der Waals surface area contributed by atoms with Crippen molar-refractivity contribution in [3.63, 3.8) is 0 Å². The van der Waals surface area contributed by atoms with Gasteiger partial charge in [0.25, 0.3) is 0 Å². The molecule has 2 amide bonds. The standard InChI is InChI=1S/C23H27N3O3/c27-22(11-10-18-7-2-1-3-8-18)26-17-20(29-19-9-6-12-24-16-19)15-21(26)23(28)25-13-4-5-14-25/h1-3,6-9,12,16,20-21H,4-5,10-11,13-15,17H2/t20-,21-/m0/s1. The zero-order valence-electron chi connectivity index (χ0n) is 16.6. The van der Waals surface area contributed by atoms with Crippen molar-refractivity contribution in [3.8, 4) is 5.75 Å². The van der Waals surface area contributed by atoms with Gasteiger partial charge in [-0.1, -0.05) is 30.3 Å². The maximum atomic E-state index is 13.1. The molecule has 4 rings (SSSR count). The molecule has 3 heterocycles. The molecule has 1 aromatic carbocycles. The highest BCUT2D eigenvalue weighted by atomic mass is 16.5. The van der Waals surface area contributed by atoms with E-state index in [9.17, 15) is 9.59 Å². The molecule has 0 aliphatic carbocycles. The summed E-state index contributed by atoms with van der Waals surface area (Å²) in [4.78, 5) is 33.9. The smallest absolute Gasteiger partial charge is 0.245 e. The first-order chi connectivity index (χ1) is 14.2. The average molecular weight is 393 g/mol. The highest BCUT2D eigenvalue weighted by Crippen LogP contribution is 2.26. The van der Waals surface area contributed by atoms with Crippen molar-refractivity contribution in [3.05, 3.63) is 60.4 Å². The summed E-state index contributed by atoms with van der Waals surface area (Å²) in [5.41, 5.74) is 1.13. The van der Waals surface area contributed by atoms with Crippen LogP contribution in [0.25, 0.3) is 0 Å². The van der Waals surface area contributed by atoms with E-state index in [2.05, 4.69) is 4.98 Å². The Morgan fingerprint density at radius 2 is 1.86 bits per heavy atom. The molecular weight excluding hydrogens is 366 g/mol. The van der Waals surface area contributed by atoms with Crippen molar-refractivity contribution >= 4 is 11.8 Å². The number of hydrogen-bond acceptors (Lipinski definition) is 4. The van der Waals surface area contributed by atoms with Crippen molar-refractivity contribution in [2.75, 3.05) is 19.6 Å². The number of nitrogens with zero attached hydrogens (tertiary/aromatic N) is 3. The van der Waals surface area contributed by atoms with Crippen LogP contribution in [0.2, 0.25) is 0 Å². The summed E-state index contributed by atoms with van der Waals surface area (Å²) < 4.78 is 6.03. The van der Waals surface area contributed by atoms with E-state index in [1.807, 2.05) is 47.4 Å². The molecule has 29 heavy (non-hydrogen) atoms. The van der Waals surface area contributed by atoms with Gasteiger partial charge in [-0.2, -0.15) is 0 Å². The molecule has 2 atom stereocenters. The van der Waals surface area contributed by atoms with Gasteiger partial charge in [-0.15, -0.1) is 0 Å². The molecule has 0 radical (unpaired) electrons. The number of carbonyl (C=O) groups excluding carboxylic acids is 2. The Morgan fingerprint density at radius 1 is 1.07 bits per heavy atom. The molecule has 0 unspecified atom stereocenters. The lowest BCUT2D eigenvalue weighted by Gasteiger charge is -2.27. The summed E-state index contributed by atoms with van der Waals surface area (Å²) in [5.74, 6) is 0.750. The van der Waals surface area contributed by atoms with Crippen LogP contribution in [0.15, 0.2) is 54.9 Å². The van der Waals surface area contributed by atoms with Crippen molar-refractivity contribution in [1.29, 1.82) is 0 Å². The van der Waals surface area contributed by atoms with E-state index in [-0.39, 0.29) is 17.9 Å². The van der Waals surface area contributed by atoms with Gasteiger partial charge in [-0.25, -0.2) is 0 Å². The minimum absolute atomic E-state index is 0.0173. The molecule has 152 valence electrons. The van der Waals surface area contributed by atoms with E-state index in [0.717, 1.165) is 31.5 Å². The lowest BCUT2D eigenvalue weighted by atomic mass is 10.1. The lowest BCUT2D eigenvalue weighted by Crippen LogP contribution is -2.47. The largest absolute Gasteiger partial charge is 0.487 e. The molecule has 0 saturated carbocycles. The van der Waals surface area contributed by atoms with Crippen LogP contribution in [-0.4, -0.2) is 58.4 Å². The van der Waals surface area contributed by atoms with Crippen LogP contribution < -0.4 is 4.74 Å². The van der Waals surface area contributed by atoms with E-state index in [4.69, 9.17) is 4.74 Å². The zero-order valence-corrected chi connectivity index (χ0v) is 16.6. The normalized spacial score (nSPS) is 21.4. The number of amides is 2. The van der Waals surface area contributed by atoms with Crippen LogP contribution in [0.3, 0.4) is 0 Å². The number of hydrogen-bond donors (Lipinski definition) is 0. The van der Waals surface area contributed by atoms with Gasteiger partial charge in [0.05, 0.1) is 12.7 Å². The fourth-order valence-electron chi connectivity index (χ4n) is 4.19. The third kappa shape index (κ3) is 4.75. The van der Waals surface area contributed by atoms with Crippen molar-refractivity contribution in [2.24, 2.45) is 0 Å². The van der Waals surface area contributed by atoms with Gasteiger partial charge < -0.3 is 14.5 Å². The fourth-order valence-corrected chi connectivity index (χ4v) is 4.19. The number of benzene rings is 1. The van der Waals surface area contributed by atoms with Crippen molar-refractivity contribution in [2.45, 2.75) is 44.2 Å². The Kier molecular flexibility index (Phi) is 6.08. The van der Waals surface area contributed by atoms with Crippen molar-refractivity contribution in [1.82, 2.24) is 14.8 Å². The number of pyridine rings is 1. The minimum Gasteiger partial charge on any atom is -0.487 e. The molecule has 0 bridgehead atoms. The maximum Gasteiger partial charge on any atom is 0.245 e. The number of aryl methyl sites for hydroxylation is 1. The minimum atomic E-state index is -0.432. The Balaban J connectivity index is 1.44. The first-order valence-electron chi connectivity index (χ1n) is 10.4. The van der Waals surface area contributed by atoms with E-state index >= 15 is 0 Å². The molecule has 2 aromatic rings. The average Bonchev–Trinajstić information content (AvgIpc) is 3.43. The second-order valence-electron chi connectivity index (χ2n) is 7.74. The van der Waals surface area contributed by atoms with Gasteiger partial charge in [0, 0.05) is 32.1 Å². The predicted octanol–water partition coefficient (Wildman–Crippen LogP) is 2.69. The molecular formula is C23H27N3O3. The number of ether oxygens (including phenoxy) is 1. The molecule has 6 heteroatoms. The quantitative estimate of drug-likeness (QED) is 0.757. The SMILES string of the molecule is O=C([C@@H]1C[C@H](Oc2cccnc2)CN1C(=O)CCc1ccccc1)N1CCCC1. The summed E-state index contributed by atoms with van der Waals surface area (Å²) in [6.45, 7) is 2.01. The Morgan fingerprint density at radius 3 is 2.59 bits per heavy atom. The van der Waals surface area contributed by atoms with Gasteiger partial charge >= 0.3 is 0 Å². The second-order valence-corrected chi connectivity index (χ2v) is 7.74. The maximum absolute atomic E-state index is 13.1. The number of carbonyl (C=O) groups is 2. The number of likely N-dealkylation sites (tertiary alicyclic amines) is 2. The Labute approximate surface area is 171 Å². The van der Waals surface area contributed by atoms with Crippen LogP contribution in [-0.2, 0) is 16.0 Å². The summed E-state index contributed by atoms with van der Waals surface area (Å²) >= 11 is 0. The number of rotatable bonds is 6. The monoisotopic (exact) mass is 393 g/mol. The second kappa shape index (κ2) is 9.07. The molecule has 0 spiro atoms. The summed E-state index contributed by atoms with van der Waals surface area (Å²) in [7, 11) is 0. The van der Waals surface area contributed by atoms with Crippen LogP contribution in [0.1, 0.15) is 31.2 Å².